The Kier molecular flexibility index (Phi) is 5.42. The predicted octanol–water partition coefficient (Wildman–Crippen LogP) is 3.49. The summed E-state index contributed by atoms with van der Waals surface area (Å²) in [4.78, 5) is 32.1. The number of ether oxygens (including phenoxy) is 1. The van der Waals surface area contributed by atoms with E-state index < -0.39 is 0 Å². The Hall–Kier alpha value is -3.75. The average molecular weight is 405 g/mol. The molecule has 0 saturated heterocycles. The summed E-state index contributed by atoms with van der Waals surface area (Å²) >= 11 is 0. The van der Waals surface area contributed by atoms with Crippen molar-refractivity contribution in [1.29, 1.82) is 0 Å². The number of hydrogen-bond donors (Lipinski definition) is 2. The number of hydrogen-bond acceptors (Lipinski definition) is 7. The Morgan fingerprint density at radius 1 is 1.23 bits per heavy atom. The minimum Gasteiger partial charge on any atom is -0.481 e. The van der Waals surface area contributed by atoms with Crippen LogP contribution in [0.15, 0.2) is 42.9 Å². The van der Waals surface area contributed by atoms with Crippen LogP contribution in [0.3, 0.4) is 0 Å². The van der Waals surface area contributed by atoms with Crippen LogP contribution < -0.4 is 20.3 Å². The smallest absolute Gasteiger partial charge is 0.328 e. The molecule has 3 aromatic heterocycles. The standard InChI is InChI=1S/C21H23N7O2/c1-13-10-15(7-9-22-13)16-4-5-17-20(26-16)28(14(2)6-8-23-17)21(29)27-18-11-19(30-3)25-12-24-18/h4-5,7,9-12,14,23H,6,8H2,1-3H3,(H,24,25,27,29)/t14-/m1/s1. The van der Waals surface area contributed by atoms with E-state index in [2.05, 4.69) is 25.6 Å². The second-order valence-corrected chi connectivity index (χ2v) is 7.06. The van der Waals surface area contributed by atoms with Crippen molar-refractivity contribution in [3.8, 4) is 17.1 Å². The molecule has 0 spiro atoms. The summed E-state index contributed by atoms with van der Waals surface area (Å²) in [7, 11) is 1.51. The van der Waals surface area contributed by atoms with Crippen molar-refractivity contribution in [2.24, 2.45) is 0 Å². The SMILES string of the molecule is COc1cc(NC(=O)N2c3nc(-c4ccnc(C)c4)ccc3NCC[C@H]2C)ncn1. The van der Waals surface area contributed by atoms with Gasteiger partial charge in [-0.3, -0.25) is 15.2 Å². The van der Waals surface area contributed by atoms with Crippen molar-refractivity contribution in [3.05, 3.63) is 48.5 Å². The minimum absolute atomic E-state index is 0.0654. The average Bonchev–Trinajstić information content (AvgIpc) is 2.91. The highest BCUT2D eigenvalue weighted by Gasteiger charge is 2.29. The van der Waals surface area contributed by atoms with E-state index in [0.29, 0.717) is 17.5 Å². The molecule has 0 fully saturated rings. The first kappa shape index (κ1) is 19.6. The second kappa shape index (κ2) is 8.32. The molecule has 2 amide bonds. The first-order valence-electron chi connectivity index (χ1n) is 9.69. The zero-order valence-corrected chi connectivity index (χ0v) is 17.1. The lowest BCUT2D eigenvalue weighted by Crippen LogP contribution is -2.42. The quantitative estimate of drug-likeness (QED) is 0.687. The molecular formula is C21H23N7O2. The number of pyridine rings is 2. The molecule has 9 heteroatoms. The van der Waals surface area contributed by atoms with Gasteiger partial charge in [-0.05, 0) is 44.5 Å². The monoisotopic (exact) mass is 405 g/mol. The van der Waals surface area contributed by atoms with Crippen molar-refractivity contribution < 1.29 is 9.53 Å². The molecule has 3 aromatic rings. The number of aromatic nitrogens is 4. The van der Waals surface area contributed by atoms with Gasteiger partial charge in [0.25, 0.3) is 0 Å². The Morgan fingerprint density at radius 3 is 2.90 bits per heavy atom. The molecule has 1 aliphatic rings. The van der Waals surface area contributed by atoms with E-state index in [4.69, 9.17) is 9.72 Å². The molecule has 0 radical (unpaired) electrons. The van der Waals surface area contributed by atoms with E-state index in [1.807, 2.05) is 38.1 Å². The van der Waals surface area contributed by atoms with Crippen molar-refractivity contribution in [2.45, 2.75) is 26.3 Å². The molecule has 0 bridgehead atoms. The van der Waals surface area contributed by atoms with Gasteiger partial charge in [0.2, 0.25) is 5.88 Å². The van der Waals surface area contributed by atoms with Crippen LogP contribution in [0.2, 0.25) is 0 Å². The van der Waals surface area contributed by atoms with Crippen LogP contribution in [0.4, 0.5) is 22.1 Å². The summed E-state index contributed by atoms with van der Waals surface area (Å²) in [5, 5.41) is 6.20. The number of carbonyl (C=O) groups is 1. The van der Waals surface area contributed by atoms with E-state index in [1.54, 1.807) is 17.2 Å². The van der Waals surface area contributed by atoms with Gasteiger partial charge < -0.3 is 10.1 Å². The zero-order chi connectivity index (χ0) is 21.1. The van der Waals surface area contributed by atoms with Gasteiger partial charge in [0.1, 0.15) is 12.1 Å². The van der Waals surface area contributed by atoms with Gasteiger partial charge in [-0.1, -0.05) is 0 Å². The highest BCUT2D eigenvalue weighted by molar-refractivity contribution is 6.03. The van der Waals surface area contributed by atoms with Crippen molar-refractivity contribution in [3.63, 3.8) is 0 Å². The first-order valence-corrected chi connectivity index (χ1v) is 9.69. The number of nitrogens with one attached hydrogen (secondary N) is 2. The lowest BCUT2D eigenvalue weighted by atomic mass is 10.1. The fraction of sp³-hybridized carbons (Fsp3) is 0.286. The number of methoxy groups -OCH3 is 1. The van der Waals surface area contributed by atoms with Crippen LogP contribution in [0.5, 0.6) is 5.88 Å². The summed E-state index contributed by atoms with van der Waals surface area (Å²) in [5.41, 5.74) is 3.44. The van der Waals surface area contributed by atoms with Gasteiger partial charge in [-0.15, -0.1) is 0 Å². The molecule has 0 aliphatic carbocycles. The summed E-state index contributed by atoms with van der Waals surface area (Å²) in [6.45, 7) is 4.68. The number of carbonyl (C=O) groups excluding carboxylic acids is 1. The fourth-order valence-electron chi connectivity index (χ4n) is 3.37. The summed E-state index contributed by atoms with van der Waals surface area (Å²) in [5.74, 6) is 1.31. The van der Waals surface area contributed by atoms with Crippen LogP contribution in [0.1, 0.15) is 19.0 Å². The van der Waals surface area contributed by atoms with E-state index in [1.165, 1.54) is 13.4 Å². The van der Waals surface area contributed by atoms with Crippen LogP contribution in [0, 0.1) is 6.92 Å². The lowest BCUT2D eigenvalue weighted by Gasteiger charge is -2.27. The van der Waals surface area contributed by atoms with E-state index in [9.17, 15) is 4.79 Å². The number of rotatable bonds is 3. The van der Waals surface area contributed by atoms with E-state index in [-0.39, 0.29) is 12.1 Å². The highest BCUT2D eigenvalue weighted by Crippen LogP contribution is 2.32. The first-order chi connectivity index (χ1) is 14.5. The van der Waals surface area contributed by atoms with Crippen molar-refractivity contribution in [2.75, 3.05) is 29.2 Å². The summed E-state index contributed by atoms with van der Waals surface area (Å²) < 4.78 is 5.11. The third-order valence-electron chi connectivity index (χ3n) is 4.92. The van der Waals surface area contributed by atoms with E-state index in [0.717, 1.165) is 35.6 Å². The van der Waals surface area contributed by atoms with Gasteiger partial charge >= 0.3 is 6.03 Å². The maximum Gasteiger partial charge on any atom is 0.328 e. The molecule has 1 aliphatic heterocycles. The molecule has 0 aromatic carbocycles. The number of amides is 2. The summed E-state index contributed by atoms with van der Waals surface area (Å²) in [6.07, 6.45) is 3.88. The maximum absolute atomic E-state index is 13.2. The number of urea groups is 1. The Bertz CT molecular complexity index is 1070. The van der Waals surface area contributed by atoms with Gasteiger partial charge in [0.15, 0.2) is 5.82 Å². The number of fused-ring (bicyclic) bond motifs is 1. The van der Waals surface area contributed by atoms with Crippen LogP contribution in [-0.4, -0.2) is 45.7 Å². The maximum atomic E-state index is 13.2. The Labute approximate surface area is 174 Å². The number of anilines is 3. The van der Waals surface area contributed by atoms with Gasteiger partial charge in [-0.25, -0.2) is 19.7 Å². The van der Waals surface area contributed by atoms with Crippen LogP contribution in [-0.2, 0) is 0 Å². The van der Waals surface area contributed by atoms with Crippen molar-refractivity contribution in [1.82, 2.24) is 19.9 Å². The normalized spacial score (nSPS) is 15.6. The van der Waals surface area contributed by atoms with Crippen LogP contribution >= 0.6 is 0 Å². The minimum atomic E-state index is -0.316. The fourth-order valence-corrected chi connectivity index (χ4v) is 3.37. The van der Waals surface area contributed by atoms with Crippen LogP contribution in [0.25, 0.3) is 11.3 Å². The number of aryl methyl sites for hydroxylation is 1. The predicted molar refractivity (Wildman–Crippen MR) is 115 cm³/mol. The highest BCUT2D eigenvalue weighted by atomic mass is 16.5. The number of nitrogens with zero attached hydrogens (tertiary/aromatic N) is 5. The molecule has 4 heterocycles. The molecule has 9 nitrogen and oxygen atoms in total. The lowest BCUT2D eigenvalue weighted by molar-refractivity contribution is 0.255. The Morgan fingerprint density at radius 2 is 2.10 bits per heavy atom. The van der Waals surface area contributed by atoms with E-state index >= 15 is 0 Å². The molecule has 1 atom stereocenters. The van der Waals surface area contributed by atoms with Gasteiger partial charge in [-0.2, -0.15) is 0 Å². The summed E-state index contributed by atoms with van der Waals surface area (Å²) in [6, 6.07) is 8.98. The Balaban J connectivity index is 1.70. The third kappa shape index (κ3) is 4.00. The molecule has 2 N–H and O–H groups in total. The van der Waals surface area contributed by atoms with Gasteiger partial charge in [0, 0.05) is 36.1 Å². The zero-order valence-electron chi connectivity index (χ0n) is 17.1. The molecule has 30 heavy (non-hydrogen) atoms. The van der Waals surface area contributed by atoms with Crippen molar-refractivity contribution >= 4 is 23.4 Å². The van der Waals surface area contributed by atoms with Gasteiger partial charge in [0.05, 0.1) is 18.5 Å². The largest absolute Gasteiger partial charge is 0.481 e. The molecule has 4 rings (SSSR count). The topological polar surface area (TPSA) is 105 Å². The second-order valence-electron chi connectivity index (χ2n) is 7.06. The molecular weight excluding hydrogens is 382 g/mol. The third-order valence-corrected chi connectivity index (χ3v) is 4.92. The molecule has 0 saturated carbocycles. The molecule has 154 valence electrons. The molecule has 0 unspecified atom stereocenters.